The zero-order valence-corrected chi connectivity index (χ0v) is 12.5. The van der Waals surface area contributed by atoms with E-state index in [1.165, 1.54) is 0 Å². The van der Waals surface area contributed by atoms with Gasteiger partial charge in [-0.2, -0.15) is 0 Å². The monoisotopic (exact) mass is 307 g/mol. The molecule has 0 atom stereocenters. The van der Waals surface area contributed by atoms with Crippen LogP contribution in [0.2, 0.25) is 0 Å². The Morgan fingerprint density at radius 2 is 1.90 bits per heavy atom. The van der Waals surface area contributed by atoms with Gasteiger partial charge in [-0.05, 0) is 38.8 Å². The lowest BCUT2D eigenvalue weighted by atomic mass is 10.2. The highest BCUT2D eigenvalue weighted by Crippen LogP contribution is 2.19. The zero-order chi connectivity index (χ0) is 15.3. The molecule has 0 saturated carbocycles. The highest BCUT2D eigenvalue weighted by molar-refractivity contribution is 7.89. The molecule has 0 aliphatic carbocycles. The van der Waals surface area contributed by atoms with Crippen LogP contribution in [-0.2, 0) is 16.6 Å². The molecule has 5 nitrogen and oxygen atoms in total. The average Bonchev–Trinajstić information content (AvgIpc) is 2.33. The van der Waals surface area contributed by atoms with E-state index in [2.05, 4.69) is 10.0 Å². The van der Waals surface area contributed by atoms with Crippen LogP contribution in [0.5, 0.6) is 0 Å². The van der Waals surface area contributed by atoms with Gasteiger partial charge < -0.3 is 10.2 Å². The summed E-state index contributed by atoms with van der Waals surface area (Å²) in [4.78, 5) is 1.11. The summed E-state index contributed by atoms with van der Waals surface area (Å²) in [5.41, 5.74) is 0.361. The molecule has 114 valence electrons. The highest BCUT2D eigenvalue weighted by Gasteiger charge is 2.22. The van der Waals surface area contributed by atoms with Crippen LogP contribution < -0.4 is 10.0 Å². The Labute approximate surface area is 118 Å². The van der Waals surface area contributed by atoms with E-state index >= 15 is 0 Å². The van der Waals surface area contributed by atoms with Crippen LogP contribution in [0.1, 0.15) is 5.56 Å². The number of likely N-dealkylation sites (N-methyl/N-ethyl adjacent to an activating group) is 1. The third-order valence-corrected chi connectivity index (χ3v) is 4.04. The number of sulfonamides is 1. The van der Waals surface area contributed by atoms with E-state index in [9.17, 15) is 17.2 Å². The molecule has 2 N–H and O–H groups in total. The van der Waals surface area contributed by atoms with E-state index < -0.39 is 26.6 Å². The Hall–Kier alpha value is -1.09. The maximum atomic E-state index is 13.7. The summed E-state index contributed by atoms with van der Waals surface area (Å²) in [6.45, 7) is 0.823. The molecule has 0 fully saturated rings. The Morgan fingerprint density at radius 1 is 1.25 bits per heavy atom. The summed E-state index contributed by atoms with van der Waals surface area (Å²) in [7, 11) is 1.12. The second-order valence-electron chi connectivity index (χ2n) is 4.62. The molecule has 8 heteroatoms. The number of hydrogen-bond donors (Lipinski definition) is 2. The summed E-state index contributed by atoms with van der Waals surface area (Å²) in [5, 5.41) is 2.76. The molecule has 0 unspecified atom stereocenters. The van der Waals surface area contributed by atoms with Gasteiger partial charge in [0.2, 0.25) is 10.0 Å². The molecular weight excluding hydrogens is 288 g/mol. The van der Waals surface area contributed by atoms with Gasteiger partial charge in [-0.25, -0.2) is 21.9 Å². The summed E-state index contributed by atoms with van der Waals surface area (Å²) < 4.78 is 53.3. The predicted molar refractivity (Wildman–Crippen MR) is 72.9 cm³/mol. The molecule has 0 amide bonds. The maximum absolute atomic E-state index is 13.7. The number of halogens is 2. The Morgan fingerprint density at radius 3 is 2.45 bits per heavy atom. The van der Waals surface area contributed by atoms with E-state index in [0.717, 1.165) is 12.1 Å². The lowest BCUT2D eigenvalue weighted by molar-refractivity contribution is 0.412. The van der Waals surface area contributed by atoms with Gasteiger partial charge in [0, 0.05) is 19.6 Å². The summed E-state index contributed by atoms with van der Waals surface area (Å²) in [5.74, 6) is -2.53. The van der Waals surface area contributed by atoms with Crippen LogP contribution in [0.15, 0.2) is 17.0 Å². The number of hydrogen-bond acceptors (Lipinski definition) is 4. The van der Waals surface area contributed by atoms with Gasteiger partial charge in [0.15, 0.2) is 11.6 Å². The molecule has 0 aliphatic heterocycles. The first kappa shape index (κ1) is 17.0. The molecular formula is C12H19F2N3O2S. The van der Waals surface area contributed by atoms with Crippen molar-refractivity contribution >= 4 is 10.0 Å². The zero-order valence-electron chi connectivity index (χ0n) is 11.7. The van der Waals surface area contributed by atoms with Gasteiger partial charge in [-0.1, -0.05) is 0 Å². The van der Waals surface area contributed by atoms with Crippen molar-refractivity contribution in [1.82, 2.24) is 14.9 Å². The number of benzene rings is 1. The van der Waals surface area contributed by atoms with Crippen molar-refractivity contribution in [3.05, 3.63) is 29.3 Å². The van der Waals surface area contributed by atoms with E-state index in [0.29, 0.717) is 12.1 Å². The molecule has 0 saturated heterocycles. The fourth-order valence-electron chi connectivity index (χ4n) is 1.60. The predicted octanol–water partition coefficient (Wildman–Crippen LogP) is 0.524. The number of nitrogens with zero attached hydrogens (tertiary/aromatic N) is 1. The topological polar surface area (TPSA) is 61.4 Å². The first-order chi connectivity index (χ1) is 9.27. The molecule has 0 radical (unpaired) electrons. The Bertz CT molecular complexity index is 562. The Kier molecular flexibility index (Phi) is 6.00. The number of nitrogens with one attached hydrogen (secondary N) is 2. The third kappa shape index (κ3) is 4.48. The smallest absolute Gasteiger partial charge is 0.243 e. The molecule has 0 heterocycles. The summed E-state index contributed by atoms with van der Waals surface area (Å²) in [6, 6.07) is 2.11. The minimum absolute atomic E-state index is 0.118. The molecule has 1 aromatic carbocycles. The van der Waals surface area contributed by atoms with E-state index in [-0.39, 0.29) is 13.1 Å². The maximum Gasteiger partial charge on any atom is 0.243 e. The van der Waals surface area contributed by atoms with Crippen molar-refractivity contribution in [2.45, 2.75) is 11.4 Å². The van der Waals surface area contributed by atoms with Crippen molar-refractivity contribution < 1.29 is 17.2 Å². The van der Waals surface area contributed by atoms with Crippen molar-refractivity contribution in [2.75, 3.05) is 34.2 Å². The second kappa shape index (κ2) is 7.07. The molecule has 0 spiro atoms. The van der Waals surface area contributed by atoms with Crippen molar-refractivity contribution in [1.29, 1.82) is 0 Å². The van der Waals surface area contributed by atoms with E-state index in [1.807, 2.05) is 0 Å². The first-order valence-electron chi connectivity index (χ1n) is 6.05. The minimum atomic E-state index is -4.07. The van der Waals surface area contributed by atoms with E-state index in [1.54, 1.807) is 26.0 Å². The Balaban J connectivity index is 3.04. The fraction of sp³-hybridized carbons (Fsp3) is 0.500. The molecule has 20 heavy (non-hydrogen) atoms. The van der Waals surface area contributed by atoms with Crippen LogP contribution in [0.4, 0.5) is 8.78 Å². The van der Waals surface area contributed by atoms with Crippen LogP contribution in [-0.4, -0.2) is 47.6 Å². The van der Waals surface area contributed by atoms with Gasteiger partial charge in [-0.15, -0.1) is 0 Å². The fourth-order valence-corrected chi connectivity index (χ4v) is 2.76. The quantitative estimate of drug-likeness (QED) is 0.771. The van der Waals surface area contributed by atoms with Gasteiger partial charge in [-0.3, -0.25) is 0 Å². The van der Waals surface area contributed by atoms with Gasteiger partial charge in [0.1, 0.15) is 4.90 Å². The molecule has 0 aromatic heterocycles. The molecule has 1 rings (SSSR count). The first-order valence-corrected chi connectivity index (χ1v) is 7.53. The third-order valence-electron chi connectivity index (χ3n) is 2.58. The molecule has 1 aromatic rings. The normalized spacial score (nSPS) is 12.1. The van der Waals surface area contributed by atoms with Crippen LogP contribution in [0, 0.1) is 11.6 Å². The van der Waals surface area contributed by atoms with Gasteiger partial charge in [0.05, 0.1) is 0 Å². The second-order valence-corrected chi connectivity index (χ2v) is 6.36. The van der Waals surface area contributed by atoms with E-state index in [4.69, 9.17) is 0 Å². The van der Waals surface area contributed by atoms with Crippen molar-refractivity contribution in [2.24, 2.45) is 0 Å². The SMILES string of the molecule is CNCc1cc(F)c(F)c(S(=O)(=O)NCCN(C)C)c1. The van der Waals surface area contributed by atoms with Crippen LogP contribution >= 0.6 is 0 Å². The summed E-state index contributed by atoms with van der Waals surface area (Å²) >= 11 is 0. The summed E-state index contributed by atoms with van der Waals surface area (Å²) in [6.07, 6.45) is 0. The average molecular weight is 307 g/mol. The highest BCUT2D eigenvalue weighted by atomic mass is 32.2. The van der Waals surface area contributed by atoms with Crippen molar-refractivity contribution in [3.63, 3.8) is 0 Å². The number of rotatable bonds is 7. The molecule has 0 bridgehead atoms. The molecule has 0 aliphatic rings. The van der Waals surface area contributed by atoms with Crippen molar-refractivity contribution in [3.8, 4) is 0 Å². The standard InChI is InChI=1S/C12H19F2N3O2S/c1-15-8-9-6-10(13)12(14)11(7-9)20(18,19)16-4-5-17(2)3/h6-7,15-16H,4-5,8H2,1-3H3. The lowest BCUT2D eigenvalue weighted by Gasteiger charge is -2.12. The minimum Gasteiger partial charge on any atom is -0.316 e. The lowest BCUT2D eigenvalue weighted by Crippen LogP contribution is -2.32. The van der Waals surface area contributed by atoms with Crippen LogP contribution in [0.25, 0.3) is 0 Å². The van der Waals surface area contributed by atoms with Gasteiger partial charge in [0.25, 0.3) is 0 Å². The van der Waals surface area contributed by atoms with Crippen LogP contribution in [0.3, 0.4) is 0 Å². The van der Waals surface area contributed by atoms with Gasteiger partial charge >= 0.3 is 0 Å². The largest absolute Gasteiger partial charge is 0.316 e.